The Hall–Kier alpha value is -0.0200. The number of halogens is 2. The van der Waals surface area contributed by atoms with E-state index in [0.717, 1.165) is 10.6 Å². The van der Waals surface area contributed by atoms with Gasteiger partial charge in [0.1, 0.15) is 0 Å². The molecule has 0 unspecified atom stereocenters. The van der Waals surface area contributed by atoms with Crippen LogP contribution in [-0.2, 0) is 0 Å². The van der Waals surface area contributed by atoms with Gasteiger partial charge in [-0.15, -0.1) is 0 Å². The highest BCUT2D eigenvalue weighted by Crippen LogP contribution is 2.12. The maximum absolute atomic E-state index is 5.74. The molecule has 0 spiro atoms. The van der Waals surface area contributed by atoms with E-state index in [0.29, 0.717) is 0 Å². The van der Waals surface area contributed by atoms with Gasteiger partial charge >= 0.3 is 0 Å². The van der Waals surface area contributed by atoms with Crippen LogP contribution in [-0.4, -0.2) is 0 Å². The average Bonchev–Trinajstić information content (AvgIpc) is 1.88. The summed E-state index contributed by atoms with van der Waals surface area (Å²) >= 11 is 7.92. The highest BCUT2D eigenvalue weighted by atomic mass is 127. The van der Waals surface area contributed by atoms with Crippen LogP contribution in [0.1, 0.15) is 5.56 Å². The molecule has 1 aromatic rings. The van der Waals surface area contributed by atoms with Gasteiger partial charge in [0.2, 0.25) is 0 Å². The summed E-state index contributed by atoms with van der Waals surface area (Å²) in [5.41, 5.74) is 1.14. The van der Waals surface area contributed by atoms with Gasteiger partial charge in [0.25, 0.3) is 0 Å². The van der Waals surface area contributed by atoms with Crippen LogP contribution >= 0.6 is 34.2 Å². The molecule has 1 aromatic carbocycles. The molecule has 0 amide bonds. The van der Waals surface area contributed by atoms with Crippen molar-refractivity contribution in [3.8, 4) is 0 Å². The minimum absolute atomic E-state index is 0.784. The van der Waals surface area contributed by atoms with Crippen molar-refractivity contribution < 1.29 is 0 Å². The largest absolute Gasteiger partial charge is 0.0843 e. The molecule has 0 radical (unpaired) electrons. The fraction of sp³-hybridized carbons (Fsp3) is 0. The molecular weight excluding hydrogens is 258 g/mol. The van der Waals surface area contributed by atoms with Crippen molar-refractivity contribution in [1.29, 1.82) is 0 Å². The van der Waals surface area contributed by atoms with Crippen molar-refractivity contribution in [2.75, 3.05) is 0 Å². The van der Waals surface area contributed by atoms with Crippen molar-refractivity contribution in [3.05, 3.63) is 38.9 Å². The maximum Gasteiger partial charge on any atom is 0.0411 e. The molecule has 52 valence electrons. The van der Waals surface area contributed by atoms with Crippen LogP contribution in [0.4, 0.5) is 0 Å². The molecule has 0 aromatic heterocycles. The monoisotopic (exact) mass is 264 g/mol. The van der Waals surface area contributed by atoms with Crippen LogP contribution in [0.3, 0.4) is 0 Å². The molecule has 0 bridgehead atoms. The van der Waals surface area contributed by atoms with E-state index in [-0.39, 0.29) is 0 Å². The first-order valence-electron chi connectivity index (χ1n) is 2.85. The third-order valence-corrected chi connectivity index (χ3v) is 1.70. The Morgan fingerprint density at radius 2 is 2.20 bits per heavy atom. The molecular formula is C8H6ClI. The summed E-state index contributed by atoms with van der Waals surface area (Å²) in [6.07, 6.45) is 2.01. The molecule has 0 atom stereocenters. The summed E-state index contributed by atoms with van der Waals surface area (Å²) in [6, 6.07) is 7.75. The van der Waals surface area contributed by atoms with E-state index in [1.165, 1.54) is 0 Å². The fourth-order valence-corrected chi connectivity index (χ4v) is 1.30. The SMILES string of the molecule is Clc1cccc(/C=C/I)c1. The lowest BCUT2D eigenvalue weighted by Gasteiger charge is -1.91. The van der Waals surface area contributed by atoms with E-state index in [2.05, 4.69) is 22.6 Å². The summed E-state index contributed by atoms with van der Waals surface area (Å²) in [4.78, 5) is 0. The predicted octanol–water partition coefficient (Wildman–Crippen LogP) is 3.75. The number of benzene rings is 1. The number of rotatable bonds is 1. The molecule has 0 aliphatic heterocycles. The van der Waals surface area contributed by atoms with Crippen LogP contribution < -0.4 is 0 Å². The lowest BCUT2D eigenvalue weighted by Crippen LogP contribution is -1.68. The van der Waals surface area contributed by atoms with Crippen LogP contribution in [0.5, 0.6) is 0 Å². The summed E-state index contributed by atoms with van der Waals surface area (Å²) in [5, 5.41) is 0.784. The Morgan fingerprint density at radius 3 is 2.80 bits per heavy atom. The molecule has 10 heavy (non-hydrogen) atoms. The lowest BCUT2D eigenvalue weighted by atomic mass is 10.2. The quantitative estimate of drug-likeness (QED) is 0.678. The Kier molecular flexibility index (Phi) is 3.22. The van der Waals surface area contributed by atoms with Gasteiger partial charge in [0.15, 0.2) is 0 Å². The maximum atomic E-state index is 5.74. The highest BCUT2D eigenvalue weighted by Gasteiger charge is 1.86. The average molecular weight is 264 g/mol. The zero-order valence-electron chi connectivity index (χ0n) is 5.22. The second-order valence-corrected chi connectivity index (χ2v) is 3.00. The third-order valence-electron chi connectivity index (χ3n) is 1.10. The Labute approximate surface area is 79.0 Å². The van der Waals surface area contributed by atoms with Crippen molar-refractivity contribution in [1.82, 2.24) is 0 Å². The van der Waals surface area contributed by atoms with Crippen LogP contribution in [0, 0.1) is 0 Å². The van der Waals surface area contributed by atoms with Gasteiger partial charge in [-0.2, -0.15) is 0 Å². The second-order valence-electron chi connectivity index (χ2n) is 1.85. The van der Waals surface area contributed by atoms with E-state index in [1.807, 2.05) is 34.4 Å². The summed E-state index contributed by atoms with van der Waals surface area (Å²) in [6.45, 7) is 0. The highest BCUT2D eigenvalue weighted by molar-refractivity contribution is 14.1. The van der Waals surface area contributed by atoms with E-state index in [9.17, 15) is 0 Å². The molecule has 0 nitrogen and oxygen atoms in total. The Morgan fingerprint density at radius 1 is 1.40 bits per heavy atom. The molecule has 0 N–H and O–H groups in total. The standard InChI is InChI=1S/C8H6ClI/c9-8-3-1-2-7(6-8)4-5-10/h1-6H/b5-4+. The zero-order chi connectivity index (χ0) is 7.40. The van der Waals surface area contributed by atoms with Gasteiger partial charge in [-0.3, -0.25) is 0 Å². The first kappa shape index (κ1) is 8.08. The van der Waals surface area contributed by atoms with E-state index < -0.39 is 0 Å². The van der Waals surface area contributed by atoms with Gasteiger partial charge in [0, 0.05) is 5.02 Å². The Balaban J connectivity index is 2.95. The van der Waals surface area contributed by atoms with Gasteiger partial charge < -0.3 is 0 Å². The van der Waals surface area contributed by atoms with E-state index in [1.54, 1.807) is 0 Å². The molecule has 0 aliphatic rings. The molecule has 0 saturated heterocycles. The Bertz CT molecular complexity index is 243. The molecule has 0 fully saturated rings. The molecule has 2 heteroatoms. The smallest absolute Gasteiger partial charge is 0.0411 e. The number of hydrogen-bond donors (Lipinski definition) is 0. The topological polar surface area (TPSA) is 0 Å². The van der Waals surface area contributed by atoms with Gasteiger partial charge in [-0.25, -0.2) is 0 Å². The van der Waals surface area contributed by atoms with Crippen molar-refractivity contribution in [3.63, 3.8) is 0 Å². The lowest BCUT2D eigenvalue weighted by molar-refractivity contribution is 1.66. The summed E-state index contributed by atoms with van der Waals surface area (Å²) in [7, 11) is 0. The van der Waals surface area contributed by atoms with Crippen LogP contribution in [0.15, 0.2) is 28.3 Å². The second kappa shape index (κ2) is 3.98. The van der Waals surface area contributed by atoms with Crippen molar-refractivity contribution in [2.24, 2.45) is 0 Å². The van der Waals surface area contributed by atoms with Crippen LogP contribution in [0.25, 0.3) is 6.08 Å². The molecule has 0 heterocycles. The molecule has 0 aliphatic carbocycles. The normalized spacial score (nSPS) is 10.6. The predicted molar refractivity (Wildman–Crippen MR) is 54.5 cm³/mol. The van der Waals surface area contributed by atoms with Crippen molar-refractivity contribution >= 4 is 40.3 Å². The van der Waals surface area contributed by atoms with Gasteiger partial charge in [-0.1, -0.05) is 46.3 Å². The first-order chi connectivity index (χ1) is 4.83. The fourth-order valence-electron chi connectivity index (χ4n) is 0.683. The van der Waals surface area contributed by atoms with Gasteiger partial charge in [-0.05, 0) is 27.9 Å². The summed E-state index contributed by atoms with van der Waals surface area (Å²) in [5.74, 6) is 0. The number of hydrogen-bond acceptors (Lipinski definition) is 0. The van der Waals surface area contributed by atoms with Gasteiger partial charge in [0.05, 0.1) is 0 Å². The zero-order valence-corrected chi connectivity index (χ0v) is 8.13. The van der Waals surface area contributed by atoms with E-state index in [4.69, 9.17) is 11.6 Å². The minimum atomic E-state index is 0.784. The summed E-state index contributed by atoms with van der Waals surface area (Å²) < 4.78 is 1.96. The van der Waals surface area contributed by atoms with E-state index >= 15 is 0 Å². The first-order valence-corrected chi connectivity index (χ1v) is 4.47. The third kappa shape index (κ3) is 2.31. The molecule has 1 rings (SSSR count). The minimum Gasteiger partial charge on any atom is -0.0843 e. The van der Waals surface area contributed by atoms with Crippen LogP contribution in [0.2, 0.25) is 5.02 Å². The van der Waals surface area contributed by atoms with Crippen molar-refractivity contribution in [2.45, 2.75) is 0 Å². The molecule has 0 saturated carbocycles.